The highest BCUT2D eigenvalue weighted by molar-refractivity contribution is 7.92. The molecule has 0 aliphatic rings. The number of thiocarbonyl (C=S) groups is 1. The van der Waals surface area contributed by atoms with Crippen molar-refractivity contribution in [2.75, 3.05) is 4.72 Å². The van der Waals surface area contributed by atoms with Crippen molar-refractivity contribution >= 4 is 33.0 Å². The average molecular weight is 328 g/mol. The van der Waals surface area contributed by atoms with Crippen LogP contribution in [0.1, 0.15) is 11.1 Å². The lowest BCUT2D eigenvalue weighted by molar-refractivity contribution is 0.593. The van der Waals surface area contributed by atoms with E-state index in [2.05, 4.69) is 9.82 Å². The van der Waals surface area contributed by atoms with E-state index >= 15 is 0 Å². The zero-order chi connectivity index (χ0) is 15.8. The average Bonchev–Trinajstić information content (AvgIpc) is 2.73. The molecule has 0 bridgehead atoms. The van der Waals surface area contributed by atoms with Gasteiger partial charge in [-0.1, -0.05) is 18.3 Å². The monoisotopic (exact) mass is 328 g/mol. The third kappa shape index (κ3) is 3.03. The van der Waals surface area contributed by atoms with Crippen LogP contribution in [0.25, 0.3) is 0 Å². The molecule has 2 aromatic rings. The summed E-state index contributed by atoms with van der Waals surface area (Å²) in [6, 6.07) is 3.54. The summed E-state index contributed by atoms with van der Waals surface area (Å²) in [5.74, 6) is -0.508. The molecule has 2 rings (SSSR count). The fraction of sp³-hybridized carbons (Fsp3) is 0.167. The Labute approximate surface area is 126 Å². The lowest BCUT2D eigenvalue weighted by atomic mass is 10.2. The minimum absolute atomic E-state index is 0.0109. The fourth-order valence-electron chi connectivity index (χ4n) is 1.78. The van der Waals surface area contributed by atoms with Gasteiger partial charge in [0.25, 0.3) is 10.0 Å². The number of nitrogens with one attached hydrogen (secondary N) is 1. The molecular formula is C12H13FN4O2S2. The first-order valence-corrected chi connectivity index (χ1v) is 7.72. The molecule has 0 unspecified atom stereocenters. The molecule has 3 N–H and O–H groups in total. The number of hydrogen-bond acceptors (Lipinski definition) is 4. The number of sulfonamides is 1. The van der Waals surface area contributed by atoms with Crippen molar-refractivity contribution < 1.29 is 12.8 Å². The van der Waals surface area contributed by atoms with Crippen LogP contribution in [-0.2, 0) is 17.1 Å². The lowest BCUT2D eigenvalue weighted by Crippen LogP contribution is -2.20. The molecule has 112 valence electrons. The molecule has 1 aromatic heterocycles. The number of benzene rings is 1. The number of aromatic nitrogens is 2. The fourth-order valence-corrected chi connectivity index (χ4v) is 3.30. The van der Waals surface area contributed by atoms with Gasteiger partial charge < -0.3 is 5.73 Å². The second-order valence-corrected chi connectivity index (χ2v) is 6.50. The minimum atomic E-state index is -3.98. The van der Waals surface area contributed by atoms with Gasteiger partial charge in [0.2, 0.25) is 0 Å². The summed E-state index contributed by atoms with van der Waals surface area (Å²) in [6.07, 6.45) is 1.36. The lowest BCUT2D eigenvalue weighted by Gasteiger charge is -2.12. The molecule has 21 heavy (non-hydrogen) atoms. The van der Waals surface area contributed by atoms with Gasteiger partial charge in [0.15, 0.2) is 0 Å². The zero-order valence-electron chi connectivity index (χ0n) is 11.3. The maximum Gasteiger partial charge on any atom is 0.263 e. The first-order valence-electron chi connectivity index (χ1n) is 5.83. The summed E-state index contributed by atoms with van der Waals surface area (Å²) in [5.41, 5.74) is 6.24. The first kappa shape index (κ1) is 15.4. The van der Waals surface area contributed by atoms with E-state index in [1.54, 1.807) is 6.92 Å². The van der Waals surface area contributed by atoms with Gasteiger partial charge in [0.1, 0.15) is 16.6 Å². The predicted octanol–water partition coefficient (Wildman–Crippen LogP) is 1.30. The Bertz CT molecular complexity index is 815. The number of halogens is 1. The molecule has 1 aromatic carbocycles. The molecule has 0 aliphatic heterocycles. The number of rotatable bonds is 4. The van der Waals surface area contributed by atoms with Crippen LogP contribution >= 0.6 is 12.2 Å². The van der Waals surface area contributed by atoms with E-state index in [9.17, 15) is 12.8 Å². The zero-order valence-corrected chi connectivity index (χ0v) is 12.9. The van der Waals surface area contributed by atoms with Crippen LogP contribution in [0.2, 0.25) is 0 Å². The van der Waals surface area contributed by atoms with E-state index in [1.165, 1.54) is 30.1 Å². The number of nitrogens with two attached hydrogens (primary N) is 1. The normalized spacial score (nSPS) is 11.4. The molecule has 0 atom stereocenters. The Balaban J connectivity index is 2.50. The molecule has 0 radical (unpaired) electrons. The standard InChI is InChI=1S/C12H13FN4O2S2/c1-7-3-4-8(13)5-10(7)21(18,19)16-12-9(11(14)20)6-15-17(12)2/h3-6,16H,1-2H3,(H2,14,20). The maximum absolute atomic E-state index is 13.3. The maximum atomic E-state index is 13.3. The minimum Gasteiger partial charge on any atom is -0.389 e. The summed E-state index contributed by atoms with van der Waals surface area (Å²) in [4.78, 5) is -0.144. The van der Waals surface area contributed by atoms with Gasteiger partial charge in [-0.3, -0.25) is 9.40 Å². The molecule has 0 aliphatic carbocycles. The van der Waals surface area contributed by atoms with Crippen molar-refractivity contribution in [3.05, 3.63) is 41.3 Å². The van der Waals surface area contributed by atoms with Crippen LogP contribution in [0.5, 0.6) is 0 Å². The van der Waals surface area contributed by atoms with E-state index in [1.807, 2.05) is 0 Å². The number of nitrogens with zero attached hydrogens (tertiary/aromatic N) is 2. The molecule has 0 saturated carbocycles. The highest BCUT2D eigenvalue weighted by Crippen LogP contribution is 2.22. The van der Waals surface area contributed by atoms with Crippen molar-refractivity contribution in [3.63, 3.8) is 0 Å². The summed E-state index contributed by atoms with van der Waals surface area (Å²) in [5, 5.41) is 3.90. The largest absolute Gasteiger partial charge is 0.389 e. The number of hydrogen-bond donors (Lipinski definition) is 2. The highest BCUT2D eigenvalue weighted by Gasteiger charge is 2.22. The Morgan fingerprint density at radius 1 is 1.48 bits per heavy atom. The van der Waals surface area contributed by atoms with E-state index in [-0.39, 0.29) is 15.7 Å². The summed E-state index contributed by atoms with van der Waals surface area (Å²) >= 11 is 4.84. The third-order valence-electron chi connectivity index (χ3n) is 2.87. The van der Waals surface area contributed by atoms with Gasteiger partial charge in [0, 0.05) is 7.05 Å². The summed E-state index contributed by atoms with van der Waals surface area (Å²) in [6.45, 7) is 1.58. The highest BCUT2D eigenvalue weighted by atomic mass is 32.2. The molecule has 6 nitrogen and oxygen atoms in total. The first-order chi connectivity index (χ1) is 9.72. The van der Waals surface area contributed by atoms with E-state index < -0.39 is 15.8 Å². The molecule has 0 saturated heterocycles. The van der Waals surface area contributed by atoms with Crippen LogP contribution in [0.4, 0.5) is 10.2 Å². The Kier molecular flexibility index (Phi) is 3.97. The van der Waals surface area contributed by atoms with Gasteiger partial charge in [-0.2, -0.15) is 5.10 Å². The molecule has 9 heteroatoms. The van der Waals surface area contributed by atoms with Crippen molar-refractivity contribution in [1.29, 1.82) is 0 Å². The van der Waals surface area contributed by atoms with Crippen LogP contribution in [0.3, 0.4) is 0 Å². The summed E-state index contributed by atoms with van der Waals surface area (Å²) < 4.78 is 41.7. The molecular weight excluding hydrogens is 315 g/mol. The van der Waals surface area contributed by atoms with Gasteiger partial charge in [-0.15, -0.1) is 0 Å². The van der Waals surface area contributed by atoms with Gasteiger partial charge in [-0.05, 0) is 24.6 Å². The van der Waals surface area contributed by atoms with Crippen LogP contribution in [0, 0.1) is 12.7 Å². The quantitative estimate of drug-likeness (QED) is 0.826. The Morgan fingerprint density at radius 2 is 2.14 bits per heavy atom. The van der Waals surface area contributed by atoms with E-state index in [0.717, 1.165) is 6.07 Å². The third-order valence-corrected chi connectivity index (χ3v) is 4.58. The van der Waals surface area contributed by atoms with Gasteiger partial charge in [0.05, 0.1) is 16.7 Å². The predicted molar refractivity (Wildman–Crippen MR) is 81.0 cm³/mol. The van der Waals surface area contributed by atoms with Crippen LogP contribution in [-0.4, -0.2) is 23.2 Å². The van der Waals surface area contributed by atoms with E-state index in [0.29, 0.717) is 11.1 Å². The van der Waals surface area contributed by atoms with Crippen LogP contribution < -0.4 is 10.5 Å². The topological polar surface area (TPSA) is 90.0 Å². The Hall–Kier alpha value is -2.00. The molecule has 0 amide bonds. The second kappa shape index (κ2) is 5.41. The number of anilines is 1. The SMILES string of the molecule is Cc1ccc(F)cc1S(=O)(=O)Nc1c(C(N)=S)cnn1C. The smallest absolute Gasteiger partial charge is 0.263 e. The second-order valence-electron chi connectivity index (χ2n) is 4.41. The van der Waals surface area contributed by atoms with Crippen LogP contribution in [0.15, 0.2) is 29.3 Å². The van der Waals surface area contributed by atoms with E-state index in [4.69, 9.17) is 18.0 Å². The molecule has 0 spiro atoms. The molecule has 0 fully saturated rings. The summed E-state index contributed by atoms with van der Waals surface area (Å²) in [7, 11) is -2.44. The van der Waals surface area contributed by atoms with Crippen molar-refractivity contribution in [2.24, 2.45) is 12.8 Å². The van der Waals surface area contributed by atoms with Crippen molar-refractivity contribution in [1.82, 2.24) is 9.78 Å². The Morgan fingerprint density at radius 3 is 2.76 bits per heavy atom. The van der Waals surface area contributed by atoms with Gasteiger partial charge in [-0.25, -0.2) is 12.8 Å². The van der Waals surface area contributed by atoms with Gasteiger partial charge >= 0.3 is 0 Å². The van der Waals surface area contributed by atoms with Crippen molar-refractivity contribution in [2.45, 2.75) is 11.8 Å². The van der Waals surface area contributed by atoms with Crippen molar-refractivity contribution in [3.8, 4) is 0 Å². The number of aryl methyl sites for hydroxylation is 2. The molecule has 1 heterocycles.